The van der Waals surface area contributed by atoms with Gasteiger partial charge < -0.3 is 5.73 Å². The van der Waals surface area contributed by atoms with Gasteiger partial charge in [0.25, 0.3) is 0 Å². The number of nitrogens with one attached hydrogen (secondary N) is 1. The molecule has 0 aliphatic heterocycles. The number of thiocarbonyl (C=S) groups is 1. The quantitative estimate of drug-likeness (QED) is 0.512. The third-order valence-electron chi connectivity index (χ3n) is 2.34. The Hall–Kier alpha value is -1.56. The van der Waals surface area contributed by atoms with Crippen LogP contribution in [0.15, 0.2) is 63.4 Å². The first-order valence-corrected chi connectivity index (χ1v) is 7.36. The highest BCUT2D eigenvalue weighted by molar-refractivity contribution is 7.99. The monoisotopic (exact) mass is 321 g/mol. The summed E-state index contributed by atoms with van der Waals surface area (Å²) in [4.78, 5) is 2.20. The minimum atomic E-state index is 0.143. The summed E-state index contributed by atoms with van der Waals surface area (Å²) in [6, 6.07) is 15.6. The first-order chi connectivity index (χ1) is 9.65. The number of rotatable bonds is 4. The zero-order chi connectivity index (χ0) is 14.4. The Balaban J connectivity index is 2.17. The van der Waals surface area contributed by atoms with Crippen molar-refractivity contribution in [3.05, 3.63) is 59.1 Å². The molecule has 0 saturated heterocycles. The van der Waals surface area contributed by atoms with Crippen LogP contribution in [0.1, 0.15) is 5.56 Å². The smallest absolute Gasteiger partial charge is 0.184 e. The lowest BCUT2D eigenvalue weighted by atomic mass is 10.2. The molecule has 6 heteroatoms. The Morgan fingerprint density at radius 3 is 2.60 bits per heavy atom. The maximum atomic E-state index is 5.88. The van der Waals surface area contributed by atoms with Gasteiger partial charge in [-0.1, -0.05) is 41.6 Å². The SMILES string of the molecule is NC(=S)N/N=C/c1ccccc1Sc1ccc(Cl)cc1. The van der Waals surface area contributed by atoms with E-state index in [4.69, 9.17) is 29.6 Å². The largest absolute Gasteiger partial charge is 0.375 e. The second-order valence-electron chi connectivity index (χ2n) is 3.83. The van der Waals surface area contributed by atoms with Crippen molar-refractivity contribution in [2.45, 2.75) is 9.79 Å². The molecule has 3 N–H and O–H groups in total. The van der Waals surface area contributed by atoms with Crippen molar-refractivity contribution in [1.29, 1.82) is 0 Å². The van der Waals surface area contributed by atoms with Gasteiger partial charge in [-0.15, -0.1) is 0 Å². The van der Waals surface area contributed by atoms with Crippen LogP contribution in [0.5, 0.6) is 0 Å². The highest BCUT2D eigenvalue weighted by Crippen LogP contribution is 2.30. The van der Waals surface area contributed by atoms with Gasteiger partial charge in [0.05, 0.1) is 6.21 Å². The van der Waals surface area contributed by atoms with Crippen LogP contribution < -0.4 is 11.2 Å². The Kier molecular flexibility index (Phi) is 5.40. The molecule has 0 radical (unpaired) electrons. The van der Waals surface area contributed by atoms with E-state index in [1.54, 1.807) is 18.0 Å². The average Bonchev–Trinajstić information content (AvgIpc) is 2.43. The summed E-state index contributed by atoms with van der Waals surface area (Å²) in [5.74, 6) is 0. The fourth-order valence-electron chi connectivity index (χ4n) is 1.48. The summed E-state index contributed by atoms with van der Waals surface area (Å²) in [6.45, 7) is 0. The Morgan fingerprint density at radius 2 is 1.90 bits per heavy atom. The summed E-state index contributed by atoms with van der Waals surface area (Å²) in [5, 5.41) is 4.85. The molecule has 102 valence electrons. The second-order valence-corrected chi connectivity index (χ2v) is 5.82. The molecule has 0 aliphatic rings. The van der Waals surface area contributed by atoms with E-state index in [1.165, 1.54) is 0 Å². The third kappa shape index (κ3) is 4.52. The molecule has 0 aliphatic carbocycles. The number of halogens is 1. The molecule has 0 fully saturated rings. The molecule has 0 heterocycles. The zero-order valence-electron chi connectivity index (χ0n) is 10.4. The normalized spacial score (nSPS) is 10.7. The topological polar surface area (TPSA) is 50.4 Å². The van der Waals surface area contributed by atoms with Crippen LogP contribution in [-0.2, 0) is 0 Å². The lowest BCUT2D eigenvalue weighted by molar-refractivity contribution is 1.04. The molecule has 0 atom stereocenters. The molecule has 0 bridgehead atoms. The Bertz CT molecular complexity index is 627. The predicted octanol–water partition coefficient (Wildman–Crippen LogP) is 3.66. The van der Waals surface area contributed by atoms with Crippen molar-refractivity contribution in [2.24, 2.45) is 10.8 Å². The van der Waals surface area contributed by atoms with Gasteiger partial charge in [-0.2, -0.15) is 5.10 Å². The van der Waals surface area contributed by atoms with Gasteiger partial charge in [-0.3, -0.25) is 5.43 Å². The van der Waals surface area contributed by atoms with Crippen LogP contribution in [0.4, 0.5) is 0 Å². The van der Waals surface area contributed by atoms with Crippen LogP contribution in [0.3, 0.4) is 0 Å². The third-order valence-corrected chi connectivity index (χ3v) is 3.78. The van der Waals surface area contributed by atoms with Crippen LogP contribution in [0.2, 0.25) is 5.02 Å². The summed E-state index contributed by atoms with van der Waals surface area (Å²) in [7, 11) is 0. The number of hydrogen-bond donors (Lipinski definition) is 2. The molecule has 0 aromatic heterocycles. The van der Waals surface area contributed by atoms with Crippen molar-refractivity contribution in [2.75, 3.05) is 0 Å². The average molecular weight is 322 g/mol. The second kappa shape index (κ2) is 7.28. The van der Waals surface area contributed by atoms with Gasteiger partial charge in [-0.25, -0.2) is 0 Å². The van der Waals surface area contributed by atoms with E-state index in [0.717, 1.165) is 20.4 Å². The van der Waals surface area contributed by atoms with Crippen molar-refractivity contribution < 1.29 is 0 Å². The van der Waals surface area contributed by atoms with Gasteiger partial charge in [0.1, 0.15) is 0 Å². The van der Waals surface area contributed by atoms with Gasteiger partial charge in [0, 0.05) is 20.4 Å². The molecule has 0 saturated carbocycles. The van der Waals surface area contributed by atoms with E-state index in [0.29, 0.717) is 0 Å². The maximum Gasteiger partial charge on any atom is 0.184 e. The van der Waals surface area contributed by atoms with E-state index in [9.17, 15) is 0 Å². The minimum Gasteiger partial charge on any atom is -0.375 e. The fourth-order valence-corrected chi connectivity index (χ4v) is 2.57. The molecule has 0 amide bonds. The van der Waals surface area contributed by atoms with Crippen molar-refractivity contribution in [3.8, 4) is 0 Å². The van der Waals surface area contributed by atoms with Crippen LogP contribution >= 0.6 is 35.6 Å². The van der Waals surface area contributed by atoms with Crippen LogP contribution in [-0.4, -0.2) is 11.3 Å². The van der Waals surface area contributed by atoms with Crippen LogP contribution in [0.25, 0.3) is 0 Å². The predicted molar refractivity (Wildman–Crippen MR) is 89.5 cm³/mol. The Labute approximate surface area is 132 Å². The highest BCUT2D eigenvalue weighted by atomic mass is 35.5. The van der Waals surface area contributed by atoms with E-state index in [1.807, 2.05) is 48.5 Å². The number of hydrazone groups is 1. The molecule has 0 spiro atoms. The van der Waals surface area contributed by atoms with Gasteiger partial charge in [0.2, 0.25) is 0 Å². The van der Waals surface area contributed by atoms with Crippen molar-refractivity contribution >= 4 is 46.9 Å². The van der Waals surface area contributed by atoms with Crippen LogP contribution in [0, 0.1) is 0 Å². The van der Waals surface area contributed by atoms with Crippen molar-refractivity contribution in [3.63, 3.8) is 0 Å². The molecule has 0 unspecified atom stereocenters. The minimum absolute atomic E-state index is 0.143. The van der Waals surface area contributed by atoms with E-state index < -0.39 is 0 Å². The molecule has 2 rings (SSSR count). The van der Waals surface area contributed by atoms with E-state index >= 15 is 0 Å². The van der Waals surface area contributed by atoms with Gasteiger partial charge in [-0.05, 0) is 42.5 Å². The van der Waals surface area contributed by atoms with Gasteiger partial charge in [0.15, 0.2) is 5.11 Å². The van der Waals surface area contributed by atoms with Crippen molar-refractivity contribution in [1.82, 2.24) is 5.43 Å². The van der Waals surface area contributed by atoms with Gasteiger partial charge >= 0.3 is 0 Å². The highest BCUT2D eigenvalue weighted by Gasteiger charge is 2.02. The Morgan fingerprint density at radius 1 is 1.20 bits per heavy atom. The standard InChI is InChI=1S/C14H12ClN3S2/c15-11-5-7-12(8-6-11)20-13-4-2-1-3-10(13)9-17-18-14(16)19/h1-9H,(H3,16,18,19)/b17-9+. The molecule has 3 nitrogen and oxygen atoms in total. The molecule has 2 aromatic carbocycles. The summed E-state index contributed by atoms with van der Waals surface area (Å²) >= 11 is 12.2. The molecular formula is C14H12ClN3S2. The first-order valence-electron chi connectivity index (χ1n) is 5.76. The lowest BCUT2D eigenvalue weighted by Gasteiger charge is -2.05. The number of benzene rings is 2. The molecular weight excluding hydrogens is 310 g/mol. The molecule has 2 aromatic rings. The molecule has 20 heavy (non-hydrogen) atoms. The zero-order valence-corrected chi connectivity index (χ0v) is 12.8. The summed E-state index contributed by atoms with van der Waals surface area (Å²) < 4.78 is 0. The number of hydrogen-bond acceptors (Lipinski definition) is 3. The maximum absolute atomic E-state index is 5.88. The number of nitrogens with two attached hydrogens (primary N) is 1. The lowest BCUT2D eigenvalue weighted by Crippen LogP contribution is -2.24. The van der Waals surface area contributed by atoms with E-state index in [-0.39, 0.29) is 5.11 Å². The number of nitrogens with zero attached hydrogens (tertiary/aromatic N) is 1. The summed E-state index contributed by atoms with van der Waals surface area (Å²) in [6.07, 6.45) is 1.69. The summed E-state index contributed by atoms with van der Waals surface area (Å²) in [5.41, 5.74) is 8.85. The van der Waals surface area contributed by atoms with E-state index in [2.05, 4.69) is 10.5 Å². The first kappa shape index (κ1) is 14.8. The fraction of sp³-hybridized carbons (Fsp3) is 0.